The summed E-state index contributed by atoms with van der Waals surface area (Å²) in [7, 11) is 0. The first kappa shape index (κ1) is 11.0. The van der Waals surface area contributed by atoms with Crippen molar-refractivity contribution in [1.29, 1.82) is 5.26 Å². The molecule has 0 fully saturated rings. The molecule has 0 saturated heterocycles. The van der Waals surface area contributed by atoms with Crippen molar-refractivity contribution in [1.82, 2.24) is 0 Å². The zero-order valence-corrected chi connectivity index (χ0v) is 10.0. The Balaban J connectivity index is 2.05. The number of hydrogen-bond acceptors (Lipinski definition) is 2. The van der Waals surface area contributed by atoms with Crippen LogP contribution >= 0.6 is 0 Å². The van der Waals surface area contributed by atoms with Gasteiger partial charge in [0.1, 0.15) is 0 Å². The third-order valence-electron chi connectivity index (χ3n) is 3.65. The molecule has 1 atom stereocenters. The van der Waals surface area contributed by atoms with Crippen LogP contribution in [0.15, 0.2) is 47.6 Å². The number of nitriles is 1. The number of ketones is 1. The SMILES string of the molecule is N#CC1C=C2CC(=O)c3ccccc3CC2=CC1. The predicted molar refractivity (Wildman–Crippen MR) is 69.0 cm³/mol. The Morgan fingerprint density at radius 1 is 1.17 bits per heavy atom. The zero-order chi connectivity index (χ0) is 12.5. The molecule has 0 saturated carbocycles. The van der Waals surface area contributed by atoms with E-state index in [9.17, 15) is 4.79 Å². The van der Waals surface area contributed by atoms with Crippen LogP contribution in [0, 0.1) is 17.2 Å². The highest BCUT2D eigenvalue weighted by atomic mass is 16.1. The quantitative estimate of drug-likeness (QED) is 0.692. The van der Waals surface area contributed by atoms with E-state index in [2.05, 4.69) is 12.1 Å². The first-order valence-electron chi connectivity index (χ1n) is 6.19. The maximum absolute atomic E-state index is 12.2. The Hall–Kier alpha value is -2.14. The van der Waals surface area contributed by atoms with Gasteiger partial charge in [-0.05, 0) is 29.6 Å². The molecular formula is C16H13NO. The van der Waals surface area contributed by atoms with E-state index in [1.807, 2.05) is 30.3 Å². The zero-order valence-electron chi connectivity index (χ0n) is 10.0. The van der Waals surface area contributed by atoms with Gasteiger partial charge in [-0.25, -0.2) is 0 Å². The van der Waals surface area contributed by atoms with Crippen molar-refractivity contribution in [3.63, 3.8) is 0 Å². The van der Waals surface area contributed by atoms with Crippen molar-refractivity contribution in [2.24, 2.45) is 5.92 Å². The second-order valence-corrected chi connectivity index (χ2v) is 4.83. The van der Waals surface area contributed by atoms with Crippen LogP contribution in [-0.2, 0) is 6.42 Å². The van der Waals surface area contributed by atoms with Crippen molar-refractivity contribution in [2.45, 2.75) is 19.3 Å². The van der Waals surface area contributed by atoms with E-state index in [-0.39, 0.29) is 11.7 Å². The van der Waals surface area contributed by atoms with Crippen molar-refractivity contribution in [2.75, 3.05) is 0 Å². The van der Waals surface area contributed by atoms with Crippen LogP contribution in [0.1, 0.15) is 28.8 Å². The fourth-order valence-electron chi connectivity index (χ4n) is 2.69. The molecule has 2 heteroatoms. The van der Waals surface area contributed by atoms with Gasteiger partial charge in [0.05, 0.1) is 12.0 Å². The molecule has 0 bridgehead atoms. The number of carbonyl (C=O) groups excluding carboxylic acids is 1. The van der Waals surface area contributed by atoms with Gasteiger partial charge in [-0.2, -0.15) is 5.26 Å². The minimum Gasteiger partial charge on any atom is -0.294 e. The van der Waals surface area contributed by atoms with Gasteiger partial charge in [0.2, 0.25) is 0 Å². The second kappa shape index (κ2) is 4.27. The average molecular weight is 235 g/mol. The lowest BCUT2D eigenvalue weighted by atomic mass is 9.88. The van der Waals surface area contributed by atoms with Crippen LogP contribution in [0.5, 0.6) is 0 Å². The largest absolute Gasteiger partial charge is 0.294 e. The summed E-state index contributed by atoms with van der Waals surface area (Å²) < 4.78 is 0. The summed E-state index contributed by atoms with van der Waals surface area (Å²) in [6.07, 6.45) is 6.11. The minimum absolute atomic E-state index is 0.0715. The van der Waals surface area contributed by atoms with Crippen LogP contribution in [0.25, 0.3) is 0 Å². The van der Waals surface area contributed by atoms with Crippen LogP contribution in [-0.4, -0.2) is 5.78 Å². The second-order valence-electron chi connectivity index (χ2n) is 4.83. The standard InChI is InChI=1S/C16H13NO/c17-10-11-5-6-12-8-13-3-1-2-4-15(13)16(18)9-14(12)7-11/h1-4,6-7,11H,5,8-9H2. The minimum atomic E-state index is -0.0715. The van der Waals surface area contributed by atoms with E-state index in [4.69, 9.17) is 5.26 Å². The summed E-state index contributed by atoms with van der Waals surface area (Å²) >= 11 is 0. The van der Waals surface area contributed by atoms with E-state index in [1.165, 1.54) is 5.57 Å². The topological polar surface area (TPSA) is 40.9 Å². The predicted octanol–water partition coefficient (Wildman–Crippen LogP) is 3.21. The number of nitrogens with zero attached hydrogens (tertiary/aromatic N) is 1. The van der Waals surface area contributed by atoms with Crippen molar-refractivity contribution < 1.29 is 4.79 Å². The van der Waals surface area contributed by atoms with Crippen LogP contribution in [0.2, 0.25) is 0 Å². The number of hydrogen-bond donors (Lipinski definition) is 0. The smallest absolute Gasteiger partial charge is 0.167 e. The molecule has 0 aromatic heterocycles. The normalized spacial score (nSPS) is 21.9. The third kappa shape index (κ3) is 1.78. The van der Waals surface area contributed by atoms with Crippen molar-refractivity contribution >= 4 is 5.78 Å². The maximum atomic E-state index is 12.2. The van der Waals surface area contributed by atoms with E-state index < -0.39 is 0 Å². The van der Waals surface area contributed by atoms with Gasteiger partial charge in [-0.15, -0.1) is 0 Å². The molecule has 0 aliphatic heterocycles. The fraction of sp³-hybridized carbons (Fsp3) is 0.250. The van der Waals surface area contributed by atoms with Crippen LogP contribution in [0.4, 0.5) is 0 Å². The van der Waals surface area contributed by atoms with Gasteiger partial charge in [-0.1, -0.05) is 36.4 Å². The molecule has 0 N–H and O–H groups in total. The van der Waals surface area contributed by atoms with Gasteiger partial charge < -0.3 is 0 Å². The molecule has 1 aromatic carbocycles. The van der Waals surface area contributed by atoms with Crippen molar-refractivity contribution in [3.8, 4) is 6.07 Å². The average Bonchev–Trinajstić information content (AvgIpc) is 2.54. The molecule has 88 valence electrons. The molecule has 0 amide bonds. The summed E-state index contributed by atoms with van der Waals surface area (Å²) in [5.74, 6) is 0.0941. The molecule has 0 radical (unpaired) electrons. The summed E-state index contributed by atoms with van der Waals surface area (Å²) in [4.78, 5) is 12.2. The number of benzene rings is 1. The number of carbonyl (C=O) groups is 1. The van der Waals surface area contributed by atoms with E-state index in [0.29, 0.717) is 6.42 Å². The fourth-order valence-corrected chi connectivity index (χ4v) is 2.69. The molecule has 0 spiro atoms. The first-order chi connectivity index (χ1) is 8.78. The van der Waals surface area contributed by atoms with E-state index >= 15 is 0 Å². The summed E-state index contributed by atoms with van der Waals surface area (Å²) in [6.45, 7) is 0. The highest BCUT2D eigenvalue weighted by Gasteiger charge is 2.24. The number of Topliss-reactive ketones (excluding diaryl/α,β-unsaturated/α-hetero) is 1. The Morgan fingerprint density at radius 3 is 2.83 bits per heavy atom. The van der Waals surface area contributed by atoms with Crippen LogP contribution in [0.3, 0.4) is 0 Å². The highest BCUT2D eigenvalue weighted by molar-refractivity contribution is 6.00. The Morgan fingerprint density at radius 2 is 2.00 bits per heavy atom. The molecule has 2 nitrogen and oxygen atoms in total. The molecule has 1 unspecified atom stereocenters. The first-order valence-corrected chi connectivity index (χ1v) is 6.19. The van der Waals surface area contributed by atoms with Gasteiger partial charge in [-0.3, -0.25) is 4.79 Å². The maximum Gasteiger partial charge on any atom is 0.167 e. The monoisotopic (exact) mass is 235 g/mol. The van der Waals surface area contributed by atoms with Gasteiger partial charge >= 0.3 is 0 Å². The third-order valence-corrected chi connectivity index (χ3v) is 3.65. The molecule has 18 heavy (non-hydrogen) atoms. The number of fused-ring (bicyclic) bond motifs is 2. The Labute approximate surface area is 106 Å². The molecular weight excluding hydrogens is 222 g/mol. The molecule has 2 aliphatic carbocycles. The van der Waals surface area contributed by atoms with Gasteiger partial charge in [0, 0.05) is 12.0 Å². The Bertz CT molecular complexity index is 616. The number of allylic oxidation sites excluding steroid dienone is 4. The van der Waals surface area contributed by atoms with Crippen molar-refractivity contribution in [3.05, 3.63) is 58.7 Å². The lowest BCUT2D eigenvalue weighted by molar-refractivity contribution is 0.0994. The summed E-state index contributed by atoms with van der Waals surface area (Å²) in [5, 5.41) is 8.98. The molecule has 1 aromatic rings. The highest BCUT2D eigenvalue weighted by Crippen LogP contribution is 2.32. The van der Waals surface area contributed by atoms with Crippen LogP contribution < -0.4 is 0 Å². The lowest BCUT2D eigenvalue weighted by Crippen LogP contribution is -2.05. The molecule has 3 rings (SSSR count). The molecule has 0 heterocycles. The van der Waals surface area contributed by atoms with Gasteiger partial charge in [0.15, 0.2) is 5.78 Å². The number of rotatable bonds is 0. The van der Waals surface area contributed by atoms with E-state index in [0.717, 1.165) is 29.5 Å². The summed E-state index contributed by atoms with van der Waals surface area (Å²) in [6, 6.07) is 10.1. The van der Waals surface area contributed by atoms with E-state index in [1.54, 1.807) is 0 Å². The molecule has 2 aliphatic rings. The van der Waals surface area contributed by atoms with Gasteiger partial charge in [0.25, 0.3) is 0 Å². The summed E-state index contributed by atoms with van der Waals surface area (Å²) in [5.41, 5.74) is 4.21. The lowest BCUT2D eigenvalue weighted by Gasteiger charge is -2.15. The Kier molecular flexibility index (Phi) is 2.60.